The number of hydrogen-bond donors (Lipinski definition) is 1. The first-order valence-corrected chi connectivity index (χ1v) is 26.0. The van der Waals surface area contributed by atoms with Gasteiger partial charge in [-0.05, 0) is 146 Å². The number of rotatable bonds is 16. The van der Waals surface area contributed by atoms with Gasteiger partial charge in [0.1, 0.15) is 24.8 Å². The summed E-state index contributed by atoms with van der Waals surface area (Å²) < 4.78 is 35.3. The Kier molecular flexibility index (Phi) is 15.7. The van der Waals surface area contributed by atoms with Gasteiger partial charge < -0.3 is 34.2 Å². The second-order valence-electron chi connectivity index (χ2n) is 17.4. The fourth-order valence-corrected chi connectivity index (χ4v) is 11.9. The van der Waals surface area contributed by atoms with Crippen molar-refractivity contribution in [3.05, 3.63) is 119 Å². The summed E-state index contributed by atoms with van der Waals surface area (Å²) in [6, 6.07) is 24.0. The third-order valence-corrected chi connectivity index (χ3v) is 15.2. The minimum atomic E-state index is -1.04. The Morgan fingerprint density at radius 3 is 2.61 bits per heavy atom. The summed E-state index contributed by atoms with van der Waals surface area (Å²) in [5.74, 6) is -0.574. The second-order valence-corrected chi connectivity index (χ2v) is 20.7. The molecule has 69 heavy (non-hydrogen) atoms. The van der Waals surface area contributed by atoms with Crippen molar-refractivity contribution in [3.8, 4) is 17.8 Å². The summed E-state index contributed by atoms with van der Waals surface area (Å²) in [5.41, 5.74) is 6.03. The fraction of sp³-hybridized carbons (Fsp3) is 0.353. The van der Waals surface area contributed by atoms with Gasteiger partial charge in [0.2, 0.25) is 0 Å². The molecule has 4 aliphatic heterocycles. The average molecular weight is 1200 g/mol. The van der Waals surface area contributed by atoms with Crippen LogP contribution in [0, 0.1) is 14.9 Å². The number of hydrogen-bond acceptors (Lipinski definition) is 11. The van der Waals surface area contributed by atoms with Crippen LogP contribution in [0.15, 0.2) is 88.1 Å². The maximum atomic E-state index is 14.1. The largest absolute Gasteiger partial charge is 0.489 e. The van der Waals surface area contributed by atoms with E-state index < -0.39 is 17.8 Å². The van der Waals surface area contributed by atoms with E-state index >= 15 is 0 Å². The zero-order valence-corrected chi connectivity index (χ0v) is 43.8. The van der Waals surface area contributed by atoms with Crippen LogP contribution in [0.4, 0.5) is 21.6 Å². The van der Waals surface area contributed by atoms with Gasteiger partial charge in [0.25, 0.3) is 11.8 Å². The van der Waals surface area contributed by atoms with Gasteiger partial charge in [0, 0.05) is 82.4 Å². The molecular formula is C51H49Br2ClFIN8O5. The number of amides is 2. The second kappa shape index (κ2) is 22.1. The van der Waals surface area contributed by atoms with E-state index in [2.05, 4.69) is 105 Å². The Labute approximate surface area is 436 Å². The molecule has 0 saturated carbocycles. The van der Waals surface area contributed by atoms with Crippen molar-refractivity contribution in [3.63, 3.8) is 0 Å². The Bertz CT molecular complexity index is 2860. The molecule has 4 aromatic carbocycles. The lowest BCUT2D eigenvalue weighted by atomic mass is 10.0. The highest BCUT2D eigenvalue weighted by atomic mass is 127. The predicted molar refractivity (Wildman–Crippen MR) is 282 cm³/mol. The molecule has 0 unspecified atom stereocenters. The number of halogens is 5. The highest BCUT2D eigenvalue weighted by Crippen LogP contribution is 2.40. The molecule has 5 heterocycles. The first-order valence-electron chi connectivity index (χ1n) is 22.9. The normalized spacial score (nSPS) is 18.6. The molecule has 5 aromatic rings. The van der Waals surface area contributed by atoms with Crippen LogP contribution in [0.25, 0.3) is 22.4 Å². The monoisotopic (exact) mass is 1190 g/mol. The summed E-state index contributed by atoms with van der Waals surface area (Å²) in [5, 5.41) is 15.4. The average Bonchev–Trinajstić information content (AvgIpc) is 3.92. The third-order valence-electron chi connectivity index (χ3n) is 13.0. The minimum absolute atomic E-state index is 0.0433. The summed E-state index contributed by atoms with van der Waals surface area (Å²) >= 11 is 16.3. The lowest BCUT2D eigenvalue weighted by Crippen LogP contribution is -2.55. The van der Waals surface area contributed by atoms with Crippen LogP contribution < -0.4 is 24.6 Å². The van der Waals surface area contributed by atoms with Crippen molar-refractivity contribution < 1.29 is 28.2 Å². The van der Waals surface area contributed by atoms with E-state index in [9.17, 15) is 19.2 Å². The Hall–Kier alpha value is -4.84. The number of nitriles is 1. The number of piperazine rings is 1. The maximum absolute atomic E-state index is 14.1. The molecule has 1 N–H and O–H groups in total. The number of anilines is 3. The lowest BCUT2D eigenvalue weighted by molar-refractivity contribution is -0.131. The summed E-state index contributed by atoms with van der Waals surface area (Å²) in [7, 11) is 0. The molecule has 18 heteroatoms. The molecule has 2 fully saturated rings. The van der Waals surface area contributed by atoms with E-state index in [1.54, 1.807) is 0 Å². The van der Waals surface area contributed by atoms with Crippen molar-refractivity contribution in [1.82, 2.24) is 19.8 Å². The number of benzene rings is 4. The number of carbonyl (C=O) groups is 2. The number of likely N-dealkylation sites (tertiary alicyclic amines) is 1. The quantitative estimate of drug-likeness (QED) is 0.0575. The van der Waals surface area contributed by atoms with E-state index in [0.717, 1.165) is 95.2 Å². The number of fused-ring (bicyclic) bond motifs is 3. The van der Waals surface area contributed by atoms with Crippen LogP contribution >= 0.6 is 66.1 Å². The number of ether oxygens (including phenoxy) is 3. The van der Waals surface area contributed by atoms with Gasteiger partial charge in [-0.15, -0.1) is 0 Å². The van der Waals surface area contributed by atoms with Crippen LogP contribution in [-0.2, 0) is 27.3 Å². The first kappa shape index (κ1) is 49.2. The van der Waals surface area contributed by atoms with Gasteiger partial charge in [-0.3, -0.25) is 14.5 Å². The summed E-state index contributed by atoms with van der Waals surface area (Å²) in [6.45, 7) is 8.92. The number of aromatic nitrogens is 2. The van der Waals surface area contributed by atoms with Crippen molar-refractivity contribution in [1.29, 1.82) is 5.26 Å². The molecule has 358 valence electrons. The Morgan fingerprint density at radius 2 is 1.81 bits per heavy atom. The van der Waals surface area contributed by atoms with Crippen LogP contribution in [0.2, 0.25) is 5.02 Å². The topological polar surface area (TPSA) is 136 Å². The van der Waals surface area contributed by atoms with E-state index in [1.807, 2.05) is 54.6 Å². The van der Waals surface area contributed by atoms with Crippen LogP contribution in [-0.4, -0.2) is 109 Å². The molecule has 2 atom stereocenters. The zero-order chi connectivity index (χ0) is 48.2. The third kappa shape index (κ3) is 11.1. The highest BCUT2D eigenvalue weighted by molar-refractivity contribution is 14.1. The van der Waals surface area contributed by atoms with Gasteiger partial charge in [-0.1, -0.05) is 42.4 Å². The number of carbonyl (C=O) groups excluding carboxylic acids is 2. The molecule has 4 aliphatic rings. The first-order chi connectivity index (χ1) is 33.4. The molecule has 2 saturated heterocycles. The molecule has 2 amide bonds. The number of nitrogens with one attached hydrogen (secondary N) is 1. The molecule has 0 aliphatic carbocycles. The van der Waals surface area contributed by atoms with E-state index in [-0.39, 0.29) is 30.9 Å². The highest BCUT2D eigenvalue weighted by Gasteiger charge is 2.35. The Balaban J connectivity index is 0.814. The smallest absolute Gasteiger partial charge is 0.318 e. The van der Waals surface area contributed by atoms with Crippen molar-refractivity contribution in [2.24, 2.45) is 0 Å². The van der Waals surface area contributed by atoms with Crippen LogP contribution in [0.1, 0.15) is 48.1 Å². The van der Waals surface area contributed by atoms with Gasteiger partial charge >= 0.3 is 6.01 Å². The van der Waals surface area contributed by atoms with Gasteiger partial charge in [0.15, 0.2) is 5.83 Å². The zero-order valence-electron chi connectivity index (χ0n) is 37.7. The van der Waals surface area contributed by atoms with Crippen LogP contribution in [0.3, 0.4) is 0 Å². The van der Waals surface area contributed by atoms with Crippen molar-refractivity contribution >= 4 is 117 Å². The molecule has 9 rings (SSSR count). The summed E-state index contributed by atoms with van der Waals surface area (Å²) in [4.78, 5) is 43.8. The summed E-state index contributed by atoms with van der Waals surface area (Å²) in [6.07, 6.45) is 5.44. The fourth-order valence-electron chi connectivity index (χ4n) is 9.71. The predicted octanol–water partition coefficient (Wildman–Crippen LogP) is 10.2. The molecule has 0 bridgehead atoms. The van der Waals surface area contributed by atoms with E-state index in [4.69, 9.17) is 35.8 Å². The van der Waals surface area contributed by atoms with Crippen LogP contribution in [0.5, 0.6) is 11.8 Å². The Morgan fingerprint density at radius 1 is 1.00 bits per heavy atom. The van der Waals surface area contributed by atoms with Crippen molar-refractivity contribution in [2.45, 2.75) is 50.7 Å². The van der Waals surface area contributed by atoms with Gasteiger partial charge in [-0.25, -0.2) is 4.39 Å². The van der Waals surface area contributed by atoms with E-state index in [1.165, 1.54) is 4.90 Å². The number of nitrogens with zero attached hydrogens (tertiary/aromatic N) is 7. The SMILES string of the molecule is C=C(F)C(=O)N1CCN(c2nc(OC[C@@H]3CCCN3CCCOCCOc3c(Br)cc(/C=C4\C(=O)Nc5ccc(I)cc54)cc3Br)nc3c2CCN(c2cccc4cccc(Cl)c24)C3)C[C@@H]1CC#N. The van der Waals surface area contributed by atoms with Crippen molar-refractivity contribution in [2.75, 3.05) is 80.8 Å². The molecule has 13 nitrogen and oxygen atoms in total. The standard InChI is InChI=1S/C51H49Br2ClFIN8O5/c1-31(55)50(66)64-20-19-63(28-35(64)13-15-57)48-37-14-18-62(45-10-3-7-33-6-2-9-42(54)46(33)45)29-44(37)59-51(60-48)69-30-36-8-4-16-61(36)17-5-21-67-22-23-68-47-40(52)25-32(26-41(47)53)24-39-38-27-34(56)11-12-43(38)58-49(39)65/h2-3,6-7,9-12,24-27,35-36H,1,4-5,8,13-14,16-23,28-30H2,(H,58,65)/b39-24-/t35-,36-/m0/s1. The van der Waals surface area contributed by atoms with Gasteiger partial charge in [-0.2, -0.15) is 15.2 Å². The molecule has 0 radical (unpaired) electrons. The van der Waals surface area contributed by atoms with E-state index in [0.29, 0.717) is 75.4 Å². The molecular weight excluding hydrogens is 1150 g/mol. The van der Waals surface area contributed by atoms with Gasteiger partial charge in [0.05, 0.1) is 51.3 Å². The molecule has 0 spiro atoms. The lowest BCUT2D eigenvalue weighted by Gasteiger charge is -2.42. The maximum Gasteiger partial charge on any atom is 0.318 e. The minimum Gasteiger partial charge on any atom is -0.489 e. The molecule has 1 aromatic heterocycles.